The predicted molar refractivity (Wildman–Crippen MR) is 99.0 cm³/mol. The minimum Gasteiger partial charge on any atom is -0.378 e. The van der Waals surface area contributed by atoms with E-state index in [2.05, 4.69) is 5.32 Å². The molecule has 0 spiro atoms. The average Bonchev–Trinajstić information content (AvgIpc) is 3.35. The van der Waals surface area contributed by atoms with Crippen LogP contribution in [0.4, 0.5) is 4.79 Å². The van der Waals surface area contributed by atoms with Gasteiger partial charge < -0.3 is 15.3 Å². The van der Waals surface area contributed by atoms with Gasteiger partial charge in [-0.15, -0.1) is 11.3 Å². The van der Waals surface area contributed by atoms with Crippen molar-refractivity contribution in [3.8, 4) is 0 Å². The van der Waals surface area contributed by atoms with Crippen molar-refractivity contribution in [2.45, 2.75) is 12.5 Å². The molecule has 1 atom stereocenters. The molecule has 0 aliphatic carbocycles. The van der Waals surface area contributed by atoms with Crippen LogP contribution in [0.15, 0.2) is 34.3 Å². The number of thiophene rings is 2. The Morgan fingerprint density at radius 3 is 2.69 bits per heavy atom. The Bertz CT molecular complexity index is 755. The summed E-state index contributed by atoms with van der Waals surface area (Å²) in [6.07, 6.45) is 0. The van der Waals surface area contributed by atoms with E-state index in [1.54, 1.807) is 19.1 Å². The van der Waals surface area contributed by atoms with Crippen molar-refractivity contribution >= 4 is 40.5 Å². The van der Waals surface area contributed by atoms with Crippen molar-refractivity contribution < 1.29 is 19.5 Å². The lowest BCUT2D eigenvalue weighted by Crippen LogP contribution is -2.59. The van der Waals surface area contributed by atoms with E-state index in [4.69, 9.17) is 0 Å². The normalized spacial score (nSPS) is 17.3. The first-order valence-corrected chi connectivity index (χ1v) is 9.97. The summed E-state index contributed by atoms with van der Waals surface area (Å²) in [7, 11) is 0. The Labute approximate surface area is 158 Å². The number of likely N-dealkylation sites (N-methyl/N-ethyl adjacent to an activating group) is 1. The second-order valence-electron chi connectivity index (χ2n) is 5.85. The van der Waals surface area contributed by atoms with Gasteiger partial charge in [-0.1, -0.05) is 6.07 Å². The van der Waals surface area contributed by atoms with Gasteiger partial charge in [0.05, 0.1) is 6.54 Å². The van der Waals surface area contributed by atoms with Gasteiger partial charge in [0, 0.05) is 30.1 Å². The van der Waals surface area contributed by atoms with Crippen LogP contribution in [0.2, 0.25) is 0 Å². The van der Waals surface area contributed by atoms with Gasteiger partial charge in [-0.05, 0) is 35.2 Å². The second-order valence-corrected chi connectivity index (χ2v) is 7.58. The number of carbonyl (C=O) groups excluding carboxylic acids is 3. The quantitative estimate of drug-likeness (QED) is 0.753. The molecule has 0 radical (unpaired) electrons. The van der Waals surface area contributed by atoms with Crippen LogP contribution in [0.3, 0.4) is 0 Å². The Morgan fingerprint density at radius 1 is 1.27 bits per heavy atom. The summed E-state index contributed by atoms with van der Waals surface area (Å²) in [5.74, 6) is -1.52. The molecular weight excluding hydrogens is 374 g/mol. The van der Waals surface area contributed by atoms with Crippen LogP contribution in [0.1, 0.15) is 17.4 Å². The number of urea groups is 1. The maximum absolute atomic E-state index is 12.5. The van der Waals surface area contributed by atoms with E-state index in [0.717, 1.165) is 4.90 Å². The van der Waals surface area contributed by atoms with Gasteiger partial charge >= 0.3 is 17.8 Å². The highest BCUT2D eigenvalue weighted by atomic mass is 32.1. The molecule has 26 heavy (non-hydrogen) atoms. The van der Waals surface area contributed by atoms with Crippen molar-refractivity contribution in [3.05, 3.63) is 44.8 Å². The first-order chi connectivity index (χ1) is 12.5. The number of imide groups is 1. The van der Waals surface area contributed by atoms with Crippen LogP contribution >= 0.6 is 22.7 Å². The van der Waals surface area contributed by atoms with Crippen LogP contribution in [0.5, 0.6) is 0 Å². The molecule has 4 amide bonds. The highest BCUT2D eigenvalue weighted by Gasteiger charge is 2.38. The lowest BCUT2D eigenvalue weighted by atomic mass is 9.94. The molecule has 1 saturated heterocycles. The molecule has 1 fully saturated rings. The van der Waals surface area contributed by atoms with Gasteiger partial charge in [0.2, 0.25) is 0 Å². The third-order valence-corrected chi connectivity index (χ3v) is 6.06. The third kappa shape index (κ3) is 3.37. The molecule has 9 heteroatoms. The molecule has 1 unspecified atom stereocenters. The smallest absolute Gasteiger partial charge is 0.324 e. The van der Waals surface area contributed by atoms with Gasteiger partial charge in [0.15, 0.2) is 0 Å². The van der Waals surface area contributed by atoms with Crippen molar-refractivity contribution in [2.75, 3.05) is 26.2 Å². The topological polar surface area (TPSA) is 89.9 Å². The van der Waals surface area contributed by atoms with Gasteiger partial charge in [-0.25, -0.2) is 4.79 Å². The molecule has 1 aliphatic heterocycles. The van der Waals surface area contributed by atoms with Crippen LogP contribution in [0, 0.1) is 0 Å². The first kappa shape index (κ1) is 18.6. The molecule has 7 nitrogen and oxygen atoms in total. The summed E-state index contributed by atoms with van der Waals surface area (Å²) in [4.78, 5) is 39.5. The number of piperazine rings is 1. The van der Waals surface area contributed by atoms with Crippen molar-refractivity contribution in [1.82, 2.24) is 15.1 Å². The maximum atomic E-state index is 12.5. The number of hydrogen-bond donors (Lipinski definition) is 2. The monoisotopic (exact) mass is 393 g/mol. The molecule has 1 aliphatic rings. The van der Waals surface area contributed by atoms with E-state index in [9.17, 15) is 19.5 Å². The zero-order valence-electron chi connectivity index (χ0n) is 14.2. The Balaban J connectivity index is 1.73. The highest BCUT2D eigenvalue weighted by Crippen LogP contribution is 2.33. The summed E-state index contributed by atoms with van der Waals surface area (Å²) in [6.45, 7) is 2.56. The average molecular weight is 393 g/mol. The number of aliphatic hydroxyl groups is 1. The van der Waals surface area contributed by atoms with Crippen molar-refractivity contribution in [1.29, 1.82) is 0 Å². The molecular formula is C17H19N3O4S2. The number of rotatable bonds is 5. The molecule has 0 saturated carbocycles. The lowest BCUT2D eigenvalue weighted by Gasteiger charge is -2.33. The highest BCUT2D eigenvalue weighted by molar-refractivity contribution is 7.10. The van der Waals surface area contributed by atoms with E-state index in [1.165, 1.54) is 27.6 Å². The zero-order chi connectivity index (χ0) is 18.7. The molecule has 138 valence electrons. The summed E-state index contributed by atoms with van der Waals surface area (Å²) in [5.41, 5.74) is -0.717. The minimum absolute atomic E-state index is 0.0987. The van der Waals surface area contributed by atoms with Gasteiger partial charge in [-0.2, -0.15) is 11.3 Å². The maximum Gasteiger partial charge on any atom is 0.324 e. The molecule has 3 heterocycles. The van der Waals surface area contributed by atoms with Crippen LogP contribution in [-0.4, -0.2) is 58.9 Å². The number of amides is 4. The predicted octanol–water partition coefficient (Wildman–Crippen LogP) is 1.45. The van der Waals surface area contributed by atoms with E-state index >= 15 is 0 Å². The first-order valence-electron chi connectivity index (χ1n) is 8.15. The standard InChI is InChI=1S/C17H19N3O4S2/c1-2-19-6-7-20(15(22)14(19)21)16(23)18-11-17(24,12-5-9-25-10-12)13-4-3-8-26-13/h3-5,8-10,24H,2,6-7,11H2,1H3,(H,18,23). The van der Waals surface area contributed by atoms with E-state index in [-0.39, 0.29) is 13.1 Å². The summed E-state index contributed by atoms with van der Waals surface area (Å²) in [6, 6.07) is 4.74. The lowest BCUT2D eigenvalue weighted by molar-refractivity contribution is -0.153. The summed E-state index contributed by atoms with van der Waals surface area (Å²) < 4.78 is 0. The van der Waals surface area contributed by atoms with Crippen LogP contribution < -0.4 is 5.32 Å². The van der Waals surface area contributed by atoms with E-state index < -0.39 is 23.4 Å². The largest absolute Gasteiger partial charge is 0.378 e. The summed E-state index contributed by atoms with van der Waals surface area (Å²) >= 11 is 2.83. The fourth-order valence-electron chi connectivity index (χ4n) is 2.81. The molecule has 2 N–H and O–H groups in total. The molecule has 0 bridgehead atoms. The van der Waals surface area contributed by atoms with Crippen molar-refractivity contribution in [3.63, 3.8) is 0 Å². The SMILES string of the molecule is CCN1CCN(C(=O)NCC(O)(c2ccsc2)c2cccs2)C(=O)C1=O. The Morgan fingerprint density at radius 2 is 2.08 bits per heavy atom. The van der Waals surface area contributed by atoms with E-state index in [1.807, 2.05) is 22.2 Å². The molecule has 2 aromatic heterocycles. The van der Waals surface area contributed by atoms with Gasteiger partial charge in [0.25, 0.3) is 0 Å². The fraction of sp³-hybridized carbons (Fsp3) is 0.353. The Kier molecular flexibility index (Phi) is 5.40. The number of hydrogen-bond acceptors (Lipinski definition) is 6. The van der Waals surface area contributed by atoms with Crippen LogP contribution in [0.25, 0.3) is 0 Å². The zero-order valence-corrected chi connectivity index (χ0v) is 15.8. The third-order valence-electron chi connectivity index (χ3n) is 4.36. The van der Waals surface area contributed by atoms with Gasteiger partial charge in [0.1, 0.15) is 5.60 Å². The number of nitrogens with zero attached hydrogens (tertiary/aromatic N) is 2. The molecule has 2 aromatic rings. The fourth-order valence-corrected chi connectivity index (χ4v) is 4.38. The second kappa shape index (κ2) is 7.56. The number of nitrogens with one attached hydrogen (secondary N) is 1. The Hall–Kier alpha value is -2.23. The van der Waals surface area contributed by atoms with E-state index in [0.29, 0.717) is 23.5 Å². The van der Waals surface area contributed by atoms with Gasteiger partial charge in [-0.3, -0.25) is 14.5 Å². The molecule has 0 aromatic carbocycles. The number of carbonyl (C=O) groups is 3. The van der Waals surface area contributed by atoms with Crippen molar-refractivity contribution in [2.24, 2.45) is 0 Å². The minimum atomic E-state index is -1.39. The molecule has 3 rings (SSSR count). The summed E-state index contributed by atoms with van der Waals surface area (Å²) in [5, 5.41) is 19.3. The van der Waals surface area contributed by atoms with Crippen LogP contribution in [-0.2, 0) is 15.2 Å².